The SMILES string of the molecule is O=C(Cn1ccccc1=O)NCCN1CCN(c2ccc(F)cc2)CC1. The predicted molar refractivity (Wildman–Crippen MR) is 98.8 cm³/mol. The van der Waals surface area contributed by atoms with Crippen molar-refractivity contribution < 1.29 is 9.18 Å². The topological polar surface area (TPSA) is 57.6 Å². The minimum absolute atomic E-state index is 0.0397. The third-order valence-corrected chi connectivity index (χ3v) is 4.53. The molecule has 1 aromatic heterocycles. The molecule has 1 fully saturated rings. The molecule has 2 heterocycles. The fraction of sp³-hybridized carbons (Fsp3) is 0.368. The van der Waals surface area contributed by atoms with Crippen molar-refractivity contribution in [3.05, 3.63) is 64.8 Å². The highest BCUT2D eigenvalue weighted by Crippen LogP contribution is 2.16. The number of nitrogens with one attached hydrogen (secondary N) is 1. The van der Waals surface area contributed by atoms with Crippen LogP contribution in [-0.2, 0) is 11.3 Å². The van der Waals surface area contributed by atoms with Crippen molar-refractivity contribution in [3.63, 3.8) is 0 Å². The number of halogens is 1. The molecule has 0 saturated carbocycles. The zero-order valence-corrected chi connectivity index (χ0v) is 14.6. The van der Waals surface area contributed by atoms with Crippen LogP contribution >= 0.6 is 0 Å². The molecule has 1 amide bonds. The average molecular weight is 358 g/mol. The van der Waals surface area contributed by atoms with Gasteiger partial charge in [0.15, 0.2) is 0 Å². The lowest BCUT2D eigenvalue weighted by molar-refractivity contribution is -0.121. The number of carbonyl (C=O) groups excluding carboxylic acids is 1. The average Bonchev–Trinajstić information content (AvgIpc) is 2.65. The minimum Gasteiger partial charge on any atom is -0.369 e. The molecule has 3 rings (SSSR count). The number of benzene rings is 1. The number of pyridine rings is 1. The largest absolute Gasteiger partial charge is 0.369 e. The van der Waals surface area contributed by atoms with Crippen molar-refractivity contribution in [3.8, 4) is 0 Å². The Morgan fingerprint density at radius 3 is 2.46 bits per heavy atom. The molecule has 0 atom stereocenters. The van der Waals surface area contributed by atoms with Gasteiger partial charge in [0.2, 0.25) is 5.91 Å². The van der Waals surface area contributed by atoms with E-state index in [0.717, 1.165) is 38.4 Å². The molecule has 2 aromatic rings. The summed E-state index contributed by atoms with van der Waals surface area (Å²) in [5.41, 5.74) is 0.854. The third kappa shape index (κ3) is 4.92. The summed E-state index contributed by atoms with van der Waals surface area (Å²) in [4.78, 5) is 28.1. The van der Waals surface area contributed by atoms with E-state index in [0.29, 0.717) is 6.54 Å². The van der Waals surface area contributed by atoms with Crippen LogP contribution in [0.5, 0.6) is 0 Å². The van der Waals surface area contributed by atoms with Gasteiger partial charge in [0, 0.05) is 57.2 Å². The van der Waals surface area contributed by atoms with E-state index in [1.807, 2.05) is 0 Å². The van der Waals surface area contributed by atoms with E-state index in [4.69, 9.17) is 0 Å². The zero-order chi connectivity index (χ0) is 18.4. The van der Waals surface area contributed by atoms with E-state index in [2.05, 4.69) is 15.1 Å². The molecular formula is C19H23FN4O2. The van der Waals surface area contributed by atoms with E-state index in [9.17, 15) is 14.0 Å². The summed E-state index contributed by atoms with van der Waals surface area (Å²) < 4.78 is 14.4. The molecule has 26 heavy (non-hydrogen) atoms. The molecule has 0 bridgehead atoms. The van der Waals surface area contributed by atoms with Crippen LogP contribution in [0.25, 0.3) is 0 Å². The molecule has 1 aliphatic rings. The first-order valence-electron chi connectivity index (χ1n) is 8.77. The maximum absolute atomic E-state index is 13.0. The summed E-state index contributed by atoms with van der Waals surface area (Å²) in [6.07, 6.45) is 1.61. The van der Waals surface area contributed by atoms with Gasteiger partial charge < -0.3 is 14.8 Å². The molecule has 1 saturated heterocycles. The Hall–Kier alpha value is -2.67. The van der Waals surface area contributed by atoms with Crippen LogP contribution in [0.4, 0.5) is 10.1 Å². The molecule has 6 nitrogen and oxygen atoms in total. The Morgan fingerprint density at radius 1 is 1.04 bits per heavy atom. The first-order chi connectivity index (χ1) is 12.6. The Bertz CT molecular complexity index is 783. The summed E-state index contributed by atoms with van der Waals surface area (Å²) in [6.45, 7) is 4.90. The van der Waals surface area contributed by atoms with Crippen LogP contribution in [0, 0.1) is 5.82 Å². The Morgan fingerprint density at radius 2 is 1.77 bits per heavy atom. The van der Waals surface area contributed by atoms with Gasteiger partial charge >= 0.3 is 0 Å². The zero-order valence-electron chi connectivity index (χ0n) is 14.6. The van der Waals surface area contributed by atoms with E-state index in [1.54, 1.807) is 30.5 Å². The first kappa shape index (κ1) is 18.1. The highest BCUT2D eigenvalue weighted by Gasteiger charge is 2.17. The lowest BCUT2D eigenvalue weighted by atomic mass is 10.2. The smallest absolute Gasteiger partial charge is 0.250 e. The second kappa shape index (κ2) is 8.62. The third-order valence-electron chi connectivity index (χ3n) is 4.53. The van der Waals surface area contributed by atoms with Gasteiger partial charge in [-0.05, 0) is 30.3 Å². The highest BCUT2D eigenvalue weighted by molar-refractivity contribution is 5.75. The van der Waals surface area contributed by atoms with Crippen LogP contribution in [0.3, 0.4) is 0 Å². The number of amides is 1. The van der Waals surface area contributed by atoms with Gasteiger partial charge in [-0.25, -0.2) is 4.39 Å². The standard InChI is InChI=1S/C19H23FN4O2/c20-16-4-6-17(7-5-16)23-13-11-22(12-14-23)10-8-21-18(25)15-24-9-2-1-3-19(24)26/h1-7,9H,8,10-15H2,(H,21,25). The summed E-state index contributed by atoms with van der Waals surface area (Å²) >= 11 is 0. The van der Waals surface area contributed by atoms with Crippen molar-refractivity contribution in [2.24, 2.45) is 0 Å². The molecule has 0 spiro atoms. The molecule has 0 radical (unpaired) electrons. The van der Waals surface area contributed by atoms with Gasteiger partial charge in [-0.2, -0.15) is 0 Å². The Labute approximate surface area is 151 Å². The lowest BCUT2D eigenvalue weighted by Crippen LogP contribution is -2.48. The number of anilines is 1. The van der Waals surface area contributed by atoms with Gasteiger partial charge in [0.1, 0.15) is 12.4 Å². The molecule has 0 unspecified atom stereocenters. The van der Waals surface area contributed by atoms with E-state index < -0.39 is 0 Å². The van der Waals surface area contributed by atoms with Gasteiger partial charge in [-0.1, -0.05) is 6.07 Å². The van der Waals surface area contributed by atoms with Crippen molar-refractivity contribution in [1.82, 2.24) is 14.8 Å². The number of hydrogen-bond acceptors (Lipinski definition) is 4. The summed E-state index contributed by atoms with van der Waals surface area (Å²) in [5, 5.41) is 2.86. The van der Waals surface area contributed by atoms with Crippen molar-refractivity contribution in [1.29, 1.82) is 0 Å². The normalized spacial score (nSPS) is 15.0. The molecular weight excluding hydrogens is 335 g/mol. The maximum atomic E-state index is 13.0. The summed E-state index contributed by atoms with van der Waals surface area (Å²) in [6, 6.07) is 11.4. The minimum atomic E-state index is -0.221. The molecule has 1 aromatic carbocycles. The monoisotopic (exact) mass is 358 g/mol. The fourth-order valence-corrected chi connectivity index (χ4v) is 3.04. The van der Waals surface area contributed by atoms with Gasteiger partial charge in [0.05, 0.1) is 0 Å². The number of aromatic nitrogens is 1. The number of nitrogens with zero attached hydrogens (tertiary/aromatic N) is 3. The van der Waals surface area contributed by atoms with Crippen molar-refractivity contribution >= 4 is 11.6 Å². The number of piperazine rings is 1. The first-order valence-corrected chi connectivity index (χ1v) is 8.77. The Balaban J connectivity index is 1.37. The summed E-state index contributed by atoms with van der Waals surface area (Å²) in [7, 11) is 0. The van der Waals surface area contributed by atoms with Crippen molar-refractivity contribution in [2.75, 3.05) is 44.2 Å². The lowest BCUT2D eigenvalue weighted by Gasteiger charge is -2.36. The van der Waals surface area contributed by atoms with Crippen LogP contribution in [0.15, 0.2) is 53.5 Å². The van der Waals surface area contributed by atoms with Gasteiger partial charge in [-0.15, -0.1) is 0 Å². The maximum Gasteiger partial charge on any atom is 0.250 e. The van der Waals surface area contributed by atoms with E-state index in [-0.39, 0.29) is 23.8 Å². The van der Waals surface area contributed by atoms with Crippen LogP contribution in [0.2, 0.25) is 0 Å². The van der Waals surface area contributed by atoms with Gasteiger partial charge in [0.25, 0.3) is 5.56 Å². The predicted octanol–water partition coefficient (Wildman–Crippen LogP) is 0.926. The van der Waals surface area contributed by atoms with E-state index >= 15 is 0 Å². The van der Waals surface area contributed by atoms with E-state index in [1.165, 1.54) is 22.8 Å². The molecule has 1 aliphatic heterocycles. The second-order valence-corrected chi connectivity index (χ2v) is 6.32. The summed E-state index contributed by atoms with van der Waals surface area (Å²) in [5.74, 6) is -0.385. The number of hydrogen-bond donors (Lipinski definition) is 1. The van der Waals surface area contributed by atoms with Crippen LogP contribution in [0.1, 0.15) is 0 Å². The van der Waals surface area contributed by atoms with Crippen LogP contribution < -0.4 is 15.8 Å². The highest BCUT2D eigenvalue weighted by atomic mass is 19.1. The van der Waals surface area contributed by atoms with Gasteiger partial charge in [-0.3, -0.25) is 14.5 Å². The molecule has 0 aliphatic carbocycles. The number of carbonyl (C=O) groups is 1. The quantitative estimate of drug-likeness (QED) is 0.835. The Kier molecular flexibility index (Phi) is 6.01. The van der Waals surface area contributed by atoms with Crippen molar-refractivity contribution in [2.45, 2.75) is 6.54 Å². The molecule has 138 valence electrons. The van der Waals surface area contributed by atoms with Crippen LogP contribution in [-0.4, -0.2) is 54.6 Å². The second-order valence-electron chi connectivity index (χ2n) is 6.32. The number of rotatable bonds is 6. The molecule has 7 heteroatoms. The fourth-order valence-electron chi connectivity index (χ4n) is 3.04. The molecule has 1 N–H and O–H groups in total.